The average molecular weight is 556 g/mol. The number of sulfone groups is 1. The first kappa shape index (κ1) is 27.3. The fourth-order valence-electron chi connectivity index (χ4n) is 5.73. The number of ketones is 1. The summed E-state index contributed by atoms with van der Waals surface area (Å²) in [7, 11) is -2.94. The molecule has 1 N–H and O–H groups in total. The first-order valence-electron chi connectivity index (χ1n) is 13.7. The molecule has 2 atom stereocenters. The topological polar surface area (TPSA) is 111 Å². The molecule has 204 valence electrons. The summed E-state index contributed by atoms with van der Waals surface area (Å²) in [5.41, 5.74) is 2.03. The summed E-state index contributed by atoms with van der Waals surface area (Å²) in [4.78, 5) is 21.8. The number of thiazole rings is 1. The quantitative estimate of drug-likeness (QED) is 0.496. The van der Waals surface area contributed by atoms with Crippen LogP contribution in [0, 0.1) is 22.7 Å². The highest BCUT2D eigenvalue weighted by atomic mass is 32.2. The number of aliphatic hydroxyl groups is 1. The molecular formula is C29H37N3O4S2. The second kappa shape index (κ2) is 10.4. The fraction of sp³-hybridized carbons (Fsp3) is 0.621. The summed E-state index contributed by atoms with van der Waals surface area (Å²) in [5.74, 6) is 0.433. The highest BCUT2D eigenvalue weighted by molar-refractivity contribution is 7.91. The van der Waals surface area contributed by atoms with Crippen molar-refractivity contribution in [3.05, 3.63) is 35.0 Å². The Morgan fingerprint density at radius 3 is 2.45 bits per heavy atom. The van der Waals surface area contributed by atoms with Crippen LogP contribution in [0.15, 0.2) is 24.3 Å². The Bertz CT molecular complexity index is 1320. The number of aromatic nitrogens is 1. The summed E-state index contributed by atoms with van der Waals surface area (Å²) in [5, 5.41) is 20.5. The monoisotopic (exact) mass is 555 g/mol. The van der Waals surface area contributed by atoms with E-state index in [1.54, 1.807) is 11.3 Å². The number of Topliss-reactive ketones (excluding diaryl/α,β-unsaturated/α-hetero) is 1. The Balaban J connectivity index is 1.47. The van der Waals surface area contributed by atoms with E-state index in [9.17, 15) is 23.6 Å². The predicted molar refractivity (Wildman–Crippen MR) is 150 cm³/mol. The van der Waals surface area contributed by atoms with E-state index in [0.717, 1.165) is 65.4 Å². The molecule has 5 rings (SSSR count). The van der Waals surface area contributed by atoms with Gasteiger partial charge in [0, 0.05) is 42.4 Å². The highest BCUT2D eigenvalue weighted by Crippen LogP contribution is 2.51. The van der Waals surface area contributed by atoms with Crippen LogP contribution in [0.5, 0.6) is 0 Å². The maximum Gasteiger partial charge on any atom is 0.153 e. The van der Waals surface area contributed by atoms with Crippen molar-refractivity contribution in [2.75, 3.05) is 36.1 Å². The standard InChI is InChI=1S/C29H37N3O4S2/c1-28(2,19-33)27-31-25(23-6-4-3-5-22(23)24(34)17-29(18-30)11-12-29)26(37-27)20-7-9-21(10-8-20)32-13-15-38(35,36)16-14-32/h7-10,22-23,33H,3-6,11-17,19H2,1-2H3/t22-,23-/m1/s1. The van der Waals surface area contributed by atoms with Crippen LogP contribution in [-0.2, 0) is 20.0 Å². The van der Waals surface area contributed by atoms with Gasteiger partial charge in [-0.3, -0.25) is 4.79 Å². The minimum Gasteiger partial charge on any atom is -0.395 e. The lowest BCUT2D eigenvalue weighted by atomic mass is 9.73. The second-order valence-electron chi connectivity index (χ2n) is 12.0. The lowest BCUT2D eigenvalue weighted by molar-refractivity contribution is -0.125. The van der Waals surface area contributed by atoms with Gasteiger partial charge in [0.25, 0.3) is 0 Å². The number of hydrogen-bond acceptors (Lipinski definition) is 8. The molecule has 3 fully saturated rings. The van der Waals surface area contributed by atoms with Crippen LogP contribution < -0.4 is 4.90 Å². The van der Waals surface area contributed by atoms with E-state index in [-0.39, 0.29) is 35.7 Å². The summed E-state index contributed by atoms with van der Waals surface area (Å²) in [6, 6.07) is 10.6. The summed E-state index contributed by atoms with van der Waals surface area (Å²) >= 11 is 1.60. The van der Waals surface area contributed by atoms with Crippen molar-refractivity contribution in [2.24, 2.45) is 11.3 Å². The Morgan fingerprint density at radius 1 is 1.18 bits per heavy atom. The Hall–Kier alpha value is -2.28. The smallest absolute Gasteiger partial charge is 0.153 e. The van der Waals surface area contributed by atoms with Gasteiger partial charge in [-0.2, -0.15) is 5.26 Å². The van der Waals surface area contributed by atoms with Crippen LogP contribution in [-0.4, -0.2) is 55.5 Å². The number of hydrogen-bond donors (Lipinski definition) is 1. The predicted octanol–water partition coefficient (Wildman–Crippen LogP) is 4.85. The van der Waals surface area contributed by atoms with E-state index >= 15 is 0 Å². The molecular weight excluding hydrogens is 518 g/mol. The largest absolute Gasteiger partial charge is 0.395 e. The molecule has 1 aliphatic heterocycles. The van der Waals surface area contributed by atoms with E-state index in [1.807, 2.05) is 26.0 Å². The minimum atomic E-state index is -2.94. The zero-order valence-electron chi connectivity index (χ0n) is 22.3. The number of anilines is 1. The maximum absolute atomic E-state index is 13.5. The molecule has 1 aromatic heterocycles. The average Bonchev–Trinajstić information content (AvgIpc) is 3.54. The third-order valence-corrected chi connectivity index (χ3v) is 11.7. The normalized spacial score (nSPS) is 24.5. The summed E-state index contributed by atoms with van der Waals surface area (Å²) in [6.07, 6.45) is 5.77. The SMILES string of the molecule is CC(C)(CO)c1nc([C@@H]2CCCC[C@H]2C(=O)CC2(C#N)CC2)c(-c2ccc(N3CCS(=O)(=O)CC3)cc2)s1. The number of carbonyl (C=O) groups excluding carboxylic acids is 1. The Kier molecular flexibility index (Phi) is 7.44. The van der Waals surface area contributed by atoms with Gasteiger partial charge in [-0.15, -0.1) is 11.3 Å². The zero-order valence-corrected chi connectivity index (χ0v) is 23.9. The Labute approximate surface area is 229 Å². The molecule has 0 amide bonds. The van der Waals surface area contributed by atoms with Crippen molar-refractivity contribution in [1.29, 1.82) is 5.26 Å². The number of aliphatic hydroxyl groups excluding tert-OH is 1. The molecule has 2 saturated carbocycles. The highest BCUT2D eigenvalue weighted by Gasteiger charge is 2.47. The van der Waals surface area contributed by atoms with E-state index in [4.69, 9.17) is 4.98 Å². The second-order valence-corrected chi connectivity index (χ2v) is 15.3. The van der Waals surface area contributed by atoms with E-state index in [2.05, 4.69) is 23.1 Å². The van der Waals surface area contributed by atoms with Crippen LogP contribution in [0.1, 0.15) is 75.4 Å². The molecule has 3 aliphatic rings. The molecule has 0 radical (unpaired) electrons. The van der Waals surface area contributed by atoms with Crippen molar-refractivity contribution in [1.82, 2.24) is 4.98 Å². The summed E-state index contributed by atoms with van der Waals surface area (Å²) in [6.45, 7) is 4.95. The molecule has 2 aromatic rings. The molecule has 2 aliphatic carbocycles. The molecule has 0 bridgehead atoms. The van der Waals surface area contributed by atoms with Crippen LogP contribution in [0.25, 0.3) is 10.4 Å². The molecule has 9 heteroatoms. The lowest BCUT2D eigenvalue weighted by Gasteiger charge is -2.31. The van der Waals surface area contributed by atoms with Crippen LogP contribution >= 0.6 is 11.3 Å². The Morgan fingerprint density at radius 2 is 1.84 bits per heavy atom. The van der Waals surface area contributed by atoms with Crippen LogP contribution in [0.4, 0.5) is 5.69 Å². The van der Waals surface area contributed by atoms with Crippen molar-refractivity contribution < 1.29 is 18.3 Å². The van der Waals surface area contributed by atoms with Gasteiger partial charge in [-0.05, 0) is 43.4 Å². The van der Waals surface area contributed by atoms with Gasteiger partial charge in [0.15, 0.2) is 9.84 Å². The minimum absolute atomic E-state index is 0.00668. The summed E-state index contributed by atoms with van der Waals surface area (Å²) < 4.78 is 23.7. The molecule has 1 aromatic carbocycles. The van der Waals surface area contributed by atoms with Gasteiger partial charge in [-0.25, -0.2) is 13.4 Å². The fourth-order valence-corrected chi connectivity index (χ4v) is 8.16. The van der Waals surface area contributed by atoms with Gasteiger partial charge in [0.1, 0.15) is 10.8 Å². The van der Waals surface area contributed by atoms with E-state index in [0.29, 0.717) is 19.5 Å². The van der Waals surface area contributed by atoms with Crippen molar-refractivity contribution in [3.63, 3.8) is 0 Å². The molecule has 38 heavy (non-hydrogen) atoms. The van der Waals surface area contributed by atoms with Crippen molar-refractivity contribution in [3.8, 4) is 16.5 Å². The lowest BCUT2D eigenvalue weighted by Crippen LogP contribution is -2.40. The number of rotatable bonds is 8. The van der Waals surface area contributed by atoms with Crippen molar-refractivity contribution >= 4 is 32.6 Å². The zero-order chi connectivity index (χ0) is 27.1. The number of nitriles is 1. The van der Waals surface area contributed by atoms with E-state index < -0.39 is 20.7 Å². The van der Waals surface area contributed by atoms with Gasteiger partial charge in [-0.1, -0.05) is 38.8 Å². The number of benzene rings is 1. The van der Waals surface area contributed by atoms with Gasteiger partial charge in [0.05, 0.1) is 40.2 Å². The van der Waals surface area contributed by atoms with Gasteiger partial charge in [0.2, 0.25) is 0 Å². The maximum atomic E-state index is 13.5. The third kappa shape index (κ3) is 5.54. The van der Waals surface area contributed by atoms with Gasteiger partial charge >= 0.3 is 0 Å². The number of carbonyl (C=O) groups is 1. The first-order valence-corrected chi connectivity index (χ1v) is 16.3. The molecule has 0 spiro atoms. The number of nitrogens with zero attached hydrogens (tertiary/aromatic N) is 3. The third-order valence-electron chi connectivity index (χ3n) is 8.60. The molecule has 1 saturated heterocycles. The van der Waals surface area contributed by atoms with Crippen LogP contribution in [0.2, 0.25) is 0 Å². The van der Waals surface area contributed by atoms with E-state index in [1.165, 1.54) is 0 Å². The first-order chi connectivity index (χ1) is 18.1. The van der Waals surface area contributed by atoms with Crippen molar-refractivity contribution in [2.45, 2.75) is 70.1 Å². The molecule has 7 nitrogen and oxygen atoms in total. The van der Waals surface area contributed by atoms with Crippen LogP contribution in [0.3, 0.4) is 0 Å². The molecule has 0 unspecified atom stereocenters. The molecule has 2 heterocycles. The van der Waals surface area contributed by atoms with Gasteiger partial charge < -0.3 is 10.0 Å².